The Morgan fingerprint density at radius 1 is 1.20 bits per heavy atom. The molecule has 0 spiro atoms. The van der Waals surface area contributed by atoms with Gasteiger partial charge in [-0.2, -0.15) is 0 Å². The van der Waals surface area contributed by atoms with E-state index >= 15 is 0 Å². The van der Waals surface area contributed by atoms with Gasteiger partial charge in [-0.3, -0.25) is 15.4 Å². The lowest BCUT2D eigenvalue weighted by Gasteiger charge is -2.35. The summed E-state index contributed by atoms with van der Waals surface area (Å²) in [5.41, 5.74) is 0.551. The van der Waals surface area contributed by atoms with Gasteiger partial charge >= 0.3 is 6.09 Å². The Labute approximate surface area is 177 Å². The van der Waals surface area contributed by atoms with Crippen LogP contribution in [-0.2, 0) is 9.53 Å². The van der Waals surface area contributed by atoms with Crippen LogP contribution in [-0.4, -0.2) is 71.7 Å². The Morgan fingerprint density at radius 3 is 2.50 bits per heavy atom. The zero-order valence-corrected chi connectivity index (χ0v) is 18.1. The summed E-state index contributed by atoms with van der Waals surface area (Å²) in [5, 5.41) is 4.57. The van der Waals surface area contributed by atoms with Gasteiger partial charge in [0, 0.05) is 44.4 Å². The van der Waals surface area contributed by atoms with Crippen LogP contribution in [0.5, 0.6) is 0 Å². The molecule has 2 saturated heterocycles. The van der Waals surface area contributed by atoms with Crippen molar-refractivity contribution in [2.24, 2.45) is 5.84 Å². The minimum absolute atomic E-state index is 0.0345. The van der Waals surface area contributed by atoms with Gasteiger partial charge in [0.1, 0.15) is 5.60 Å². The van der Waals surface area contributed by atoms with Gasteiger partial charge in [-0.25, -0.2) is 9.80 Å². The van der Waals surface area contributed by atoms with Crippen molar-refractivity contribution in [1.29, 1.82) is 0 Å². The molecule has 2 aliphatic rings. The van der Waals surface area contributed by atoms with Crippen molar-refractivity contribution in [1.82, 2.24) is 15.2 Å². The normalized spacial score (nSPS) is 19.9. The number of amides is 3. The molecule has 3 N–H and O–H groups in total. The molecule has 0 bridgehead atoms. The van der Waals surface area contributed by atoms with E-state index < -0.39 is 5.60 Å². The zero-order valence-electron chi connectivity index (χ0n) is 18.1. The minimum atomic E-state index is -0.571. The van der Waals surface area contributed by atoms with Gasteiger partial charge in [0.2, 0.25) is 5.91 Å². The fraction of sp³-hybridized carbons (Fsp3) is 0.571. The molecule has 9 nitrogen and oxygen atoms in total. The third-order valence-corrected chi connectivity index (χ3v) is 5.15. The molecule has 2 fully saturated rings. The molecule has 3 amide bonds. The van der Waals surface area contributed by atoms with Crippen LogP contribution in [0.15, 0.2) is 24.3 Å². The maximum atomic E-state index is 12.6. The second-order valence-electron chi connectivity index (χ2n) is 8.93. The summed E-state index contributed by atoms with van der Waals surface area (Å²) < 4.78 is 5.45. The molecule has 1 unspecified atom stereocenters. The Bertz CT molecular complexity index is 816. The molecule has 0 aromatic heterocycles. The number of benzene rings is 1. The number of anilines is 1. The SMILES string of the molecule is CC(=O)N(c1cccc(C(=O)NC2CN(N)C2)c1)C1CCN(C(=O)OC(C)(C)C)C1. The van der Waals surface area contributed by atoms with Crippen molar-refractivity contribution < 1.29 is 19.1 Å². The molecule has 3 rings (SSSR count). The molecular weight excluding hydrogens is 386 g/mol. The third-order valence-electron chi connectivity index (χ3n) is 5.15. The Balaban J connectivity index is 1.70. The highest BCUT2D eigenvalue weighted by atomic mass is 16.6. The summed E-state index contributed by atoms with van der Waals surface area (Å²) in [4.78, 5) is 40.7. The van der Waals surface area contributed by atoms with Crippen LogP contribution in [0.1, 0.15) is 44.5 Å². The lowest BCUT2D eigenvalue weighted by Crippen LogP contribution is -2.61. The lowest BCUT2D eigenvalue weighted by atomic mass is 10.1. The molecule has 2 heterocycles. The summed E-state index contributed by atoms with van der Waals surface area (Å²) in [5.74, 6) is 5.29. The number of carbonyl (C=O) groups excluding carboxylic acids is 3. The number of carbonyl (C=O) groups is 3. The quantitative estimate of drug-likeness (QED) is 0.716. The fourth-order valence-electron chi connectivity index (χ4n) is 3.76. The van der Waals surface area contributed by atoms with E-state index in [9.17, 15) is 14.4 Å². The molecule has 164 valence electrons. The Hall–Kier alpha value is -2.65. The molecular formula is C21H31N5O4. The van der Waals surface area contributed by atoms with Gasteiger partial charge in [0.25, 0.3) is 5.91 Å². The number of nitrogens with one attached hydrogen (secondary N) is 1. The van der Waals surface area contributed by atoms with Crippen molar-refractivity contribution in [2.75, 3.05) is 31.1 Å². The van der Waals surface area contributed by atoms with Gasteiger partial charge in [-0.05, 0) is 45.4 Å². The van der Waals surface area contributed by atoms with Gasteiger partial charge in [0.15, 0.2) is 0 Å². The van der Waals surface area contributed by atoms with Crippen LogP contribution in [0.2, 0.25) is 0 Å². The highest BCUT2D eigenvalue weighted by molar-refractivity contribution is 5.98. The number of nitrogens with zero attached hydrogens (tertiary/aromatic N) is 3. The molecule has 2 aliphatic heterocycles. The van der Waals surface area contributed by atoms with Crippen molar-refractivity contribution in [3.8, 4) is 0 Å². The van der Waals surface area contributed by atoms with Crippen LogP contribution in [0.3, 0.4) is 0 Å². The predicted molar refractivity (Wildman–Crippen MR) is 113 cm³/mol. The first-order valence-corrected chi connectivity index (χ1v) is 10.2. The summed E-state index contributed by atoms with van der Waals surface area (Å²) in [6.07, 6.45) is 0.264. The molecule has 9 heteroatoms. The Kier molecular flexibility index (Phi) is 6.33. The summed E-state index contributed by atoms with van der Waals surface area (Å²) >= 11 is 0. The summed E-state index contributed by atoms with van der Waals surface area (Å²) in [7, 11) is 0. The van der Waals surface area contributed by atoms with Crippen molar-refractivity contribution in [2.45, 2.75) is 51.8 Å². The number of hydrogen-bond donors (Lipinski definition) is 2. The molecule has 30 heavy (non-hydrogen) atoms. The first-order valence-electron chi connectivity index (χ1n) is 10.2. The maximum absolute atomic E-state index is 12.6. The number of rotatable bonds is 4. The highest BCUT2D eigenvalue weighted by Gasteiger charge is 2.35. The van der Waals surface area contributed by atoms with Crippen molar-refractivity contribution in [3.05, 3.63) is 29.8 Å². The van der Waals surface area contributed by atoms with E-state index in [-0.39, 0.29) is 30.0 Å². The van der Waals surface area contributed by atoms with Crippen molar-refractivity contribution in [3.63, 3.8) is 0 Å². The van der Waals surface area contributed by atoms with E-state index in [4.69, 9.17) is 10.6 Å². The van der Waals surface area contributed by atoms with E-state index in [1.165, 1.54) is 6.92 Å². The first-order chi connectivity index (χ1) is 14.0. The Morgan fingerprint density at radius 2 is 1.90 bits per heavy atom. The smallest absolute Gasteiger partial charge is 0.410 e. The van der Waals surface area contributed by atoms with E-state index in [1.54, 1.807) is 39.1 Å². The van der Waals surface area contributed by atoms with Crippen LogP contribution in [0, 0.1) is 0 Å². The van der Waals surface area contributed by atoms with Gasteiger partial charge in [0.05, 0.1) is 12.1 Å². The molecule has 0 aliphatic carbocycles. The predicted octanol–water partition coefficient (Wildman–Crippen LogP) is 1.34. The number of ether oxygens (including phenoxy) is 1. The van der Waals surface area contributed by atoms with E-state index in [1.807, 2.05) is 20.8 Å². The largest absolute Gasteiger partial charge is 0.444 e. The van der Waals surface area contributed by atoms with Gasteiger partial charge in [-0.15, -0.1) is 0 Å². The average molecular weight is 418 g/mol. The van der Waals surface area contributed by atoms with Crippen molar-refractivity contribution >= 4 is 23.6 Å². The average Bonchev–Trinajstić information content (AvgIpc) is 3.09. The standard InChI is InChI=1S/C21H31N5O4/c1-14(27)26(18-8-9-24(13-18)20(29)30-21(2,3)4)17-7-5-6-15(10-17)19(28)23-16-11-25(22)12-16/h5-7,10,16,18H,8-9,11-13,22H2,1-4H3,(H,23,28). The summed E-state index contributed by atoms with van der Waals surface area (Å²) in [6.45, 7) is 9.11. The van der Waals surface area contributed by atoms with Crippen LogP contribution in [0.4, 0.5) is 10.5 Å². The molecule has 0 radical (unpaired) electrons. The number of hydrazine groups is 1. The van der Waals surface area contributed by atoms with E-state index in [2.05, 4.69) is 5.32 Å². The highest BCUT2D eigenvalue weighted by Crippen LogP contribution is 2.25. The number of hydrogen-bond acceptors (Lipinski definition) is 6. The summed E-state index contributed by atoms with van der Waals surface area (Å²) in [6, 6.07) is 6.86. The minimum Gasteiger partial charge on any atom is -0.444 e. The molecule has 1 aromatic rings. The second-order valence-corrected chi connectivity index (χ2v) is 8.93. The van der Waals surface area contributed by atoms with Gasteiger partial charge < -0.3 is 19.9 Å². The first kappa shape index (κ1) is 22.0. The number of likely N-dealkylation sites (tertiary alicyclic amines) is 1. The molecule has 1 atom stereocenters. The van der Waals surface area contributed by atoms with Crippen LogP contribution < -0.4 is 16.1 Å². The fourth-order valence-corrected chi connectivity index (χ4v) is 3.76. The van der Waals surface area contributed by atoms with E-state index in [0.717, 1.165) is 0 Å². The van der Waals surface area contributed by atoms with Crippen LogP contribution >= 0.6 is 0 Å². The monoisotopic (exact) mass is 417 g/mol. The topological polar surface area (TPSA) is 108 Å². The van der Waals surface area contributed by atoms with Gasteiger partial charge in [-0.1, -0.05) is 6.07 Å². The maximum Gasteiger partial charge on any atom is 0.410 e. The van der Waals surface area contributed by atoms with Crippen LogP contribution in [0.25, 0.3) is 0 Å². The third kappa shape index (κ3) is 5.28. The lowest BCUT2D eigenvalue weighted by molar-refractivity contribution is -0.117. The zero-order chi connectivity index (χ0) is 22.1. The molecule has 0 saturated carbocycles. The second kappa shape index (κ2) is 8.61. The molecule has 1 aromatic carbocycles. The van der Waals surface area contributed by atoms with E-state index in [0.29, 0.717) is 43.9 Å². The number of nitrogens with two attached hydrogens (primary N) is 1.